The number of imidazole rings is 1. The first-order chi connectivity index (χ1) is 6.09. The van der Waals surface area contributed by atoms with Crippen LogP contribution < -0.4 is 0 Å². The van der Waals surface area contributed by atoms with Crippen LogP contribution in [0.15, 0.2) is 29.6 Å². The van der Waals surface area contributed by atoms with E-state index >= 15 is 0 Å². The van der Waals surface area contributed by atoms with Crippen molar-refractivity contribution in [1.29, 1.82) is 0 Å². The van der Waals surface area contributed by atoms with Crippen LogP contribution in [0.4, 0.5) is 0 Å². The lowest BCUT2D eigenvalue weighted by molar-refractivity contribution is 0.602. The molecule has 0 aliphatic rings. The Bertz CT molecular complexity index is 548. The van der Waals surface area contributed by atoms with Gasteiger partial charge in [-0.25, -0.2) is 17.9 Å². The standard InChI is InChI=1S/C6H4ClN3O2S/c7-13(11,12)6-4-8-5-2-1-3-9-10(5)6/h1-4H. The molecule has 13 heavy (non-hydrogen) atoms. The van der Waals surface area contributed by atoms with Gasteiger partial charge in [0.1, 0.15) is 0 Å². The van der Waals surface area contributed by atoms with E-state index in [2.05, 4.69) is 10.1 Å². The normalized spacial score (nSPS) is 12.1. The van der Waals surface area contributed by atoms with Crippen molar-refractivity contribution in [3.05, 3.63) is 24.5 Å². The van der Waals surface area contributed by atoms with Crippen molar-refractivity contribution in [3.8, 4) is 0 Å². The Morgan fingerprint density at radius 1 is 1.46 bits per heavy atom. The number of hydrogen-bond donors (Lipinski definition) is 0. The lowest BCUT2D eigenvalue weighted by Crippen LogP contribution is -1.99. The van der Waals surface area contributed by atoms with Crippen molar-refractivity contribution in [2.75, 3.05) is 0 Å². The zero-order chi connectivity index (χ0) is 9.47. The summed E-state index contributed by atoms with van der Waals surface area (Å²) in [6.45, 7) is 0. The summed E-state index contributed by atoms with van der Waals surface area (Å²) >= 11 is 0. The second kappa shape index (κ2) is 2.68. The van der Waals surface area contributed by atoms with Crippen LogP contribution in [0, 0.1) is 0 Å². The number of fused-ring (bicyclic) bond motifs is 1. The highest BCUT2D eigenvalue weighted by atomic mass is 35.7. The molecule has 0 radical (unpaired) electrons. The molecule has 7 heteroatoms. The molecule has 2 heterocycles. The summed E-state index contributed by atoms with van der Waals surface area (Å²) in [5, 5.41) is 3.68. The highest BCUT2D eigenvalue weighted by molar-refractivity contribution is 8.13. The predicted octanol–water partition coefficient (Wildman–Crippen LogP) is 0.657. The van der Waals surface area contributed by atoms with E-state index in [1.165, 1.54) is 16.9 Å². The Kier molecular flexibility index (Phi) is 1.74. The molecule has 0 aromatic carbocycles. The minimum atomic E-state index is -3.78. The number of nitrogens with zero attached hydrogens (tertiary/aromatic N) is 3. The van der Waals surface area contributed by atoms with Crippen LogP contribution in [0.1, 0.15) is 0 Å². The van der Waals surface area contributed by atoms with Crippen molar-refractivity contribution in [2.24, 2.45) is 0 Å². The molecular weight excluding hydrogens is 214 g/mol. The minimum Gasteiger partial charge on any atom is -0.234 e. The zero-order valence-corrected chi connectivity index (χ0v) is 7.83. The summed E-state index contributed by atoms with van der Waals surface area (Å²) in [5.74, 6) is 0. The first-order valence-corrected chi connectivity index (χ1v) is 5.63. The van der Waals surface area contributed by atoms with Crippen molar-refractivity contribution >= 4 is 25.4 Å². The SMILES string of the molecule is O=S(=O)(Cl)c1cnc2cccnn12. The smallest absolute Gasteiger partial charge is 0.234 e. The maximum Gasteiger partial charge on any atom is 0.280 e. The van der Waals surface area contributed by atoms with Gasteiger partial charge in [0.2, 0.25) is 0 Å². The maximum absolute atomic E-state index is 11.0. The molecule has 0 aliphatic heterocycles. The molecular formula is C6H4ClN3O2S. The lowest BCUT2D eigenvalue weighted by Gasteiger charge is -1.93. The minimum absolute atomic E-state index is 0.121. The Balaban J connectivity index is 2.87. The Labute approximate surface area is 78.4 Å². The maximum atomic E-state index is 11.0. The second-order valence-electron chi connectivity index (χ2n) is 2.33. The molecule has 2 rings (SSSR count). The molecule has 0 unspecified atom stereocenters. The first-order valence-electron chi connectivity index (χ1n) is 3.32. The second-order valence-corrected chi connectivity index (χ2v) is 4.84. The van der Waals surface area contributed by atoms with Crippen molar-refractivity contribution in [1.82, 2.24) is 14.6 Å². The van der Waals surface area contributed by atoms with Gasteiger partial charge >= 0.3 is 0 Å². The summed E-state index contributed by atoms with van der Waals surface area (Å²) in [7, 11) is 1.37. The van der Waals surface area contributed by atoms with Gasteiger partial charge in [-0.15, -0.1) is 0 Å². The van der Waals surface area contributed by atoms with Crippen LogP contribution in [-0.4, -0.2) is 23.0 Å². The molecule has 0 saturated heterocycles. The molecule has 0 aliphatic carbocycles. The molecule has 0 spiro atoms. The molecule has 0 amide bonds. The monoisotopic (exact) mass is 217 g/mol. The van der Waals surface area contributed by atoms with Crippen LogP contribution in [0.5, 0.6) is 0 Å². The predicted molar refractivity (Wildman–Crippen MR) is 46.0 cm³/mol. The van der Waals surface area contributed by atoms with Gasteiger partial charge < -0.3 is 0 Å². The van der Waals surface area contributed by atoms with E-state index in [1.807, 2.05) is 0 Å². The largest absolute Gasteiger partial charge is 0.280 e. The number of halogens is 1. The molecule has 0 atom stereocenters. The van der Waals surface area contributed by atoms with Crippen molar-refractivity contribution < 1.29 is 8.42 Å². The van der Waals surface area contributed by atoms with Gasteiger partial charge in [-0.05, 0) is 12.1 Å². The molecule has 0 bridgehead atoms. The van der Waals surface area contributed by atoms with Crippen LogP contribution >= 0.6 is 10.7 Å². The van der Waals surface area contributed by atoms with Gasteiger partial charge in [0.25, 0.3) is 9.05 Å². The van der Waals surface area contributed by atoms with E-state index in [9.17, 15) is 8.42 Å². The van der Waals surface area contributed by atoms with E-state index in [-0.39, 0.29) is 5.03 Å². The van der Waals surface area contributed by atoms with E-state index < -0.39 is 9.05 Å². The van der Waals surface area contributed by atoms with Gasteiger partial charge in [0.15, 0.2) is 10.7 Å². The molecule has 68 valence electrons. The van der Waals surface area contributed by atoms with E-state index in [1.54, 1.807) is 12.1 Å². The summed E-state index contributed by atoms with van der Waals surface area (Å²) in [5.41, 5.74) is 0.446. The summed E-state index contributed by atoms with van der Waals surface area (Å²) in [4.78, 5) is 3.82. The lowest BCUT2D eigenvalue weighted by atomic mass is 10.6. The van der Waals surface area contributed by atoms with E-state index in [0.29, 0.717) is 5.65 Å². The number of rotatable bonds is 1. The Morgan fingerprint density at radius 3 is 2.92 bits per heavy atom. The summed E-state index contributed by atoms with van der Waals surface area (Å²) < 4.78 is 23.1. The molecule has 2 aromatic rings. The summed E-state index contributed by atoms with van der Waals surface area (Å²) in [6, 6.07) is 3.30. The molecule has 0 saturated carbocycles. The molecule has 0 fully saturated rings. The highest BCUT2D eigenvalue weighted by Crippen LogP contribution is 2.14. The fraction of sp³-hybridized carbons (Fsp3) is 0. The summed E-state index contributed by atoms with van der Waals surface area (Å²) in [6.07, 6.45) is 2.63. The topological polar surface area (TPSA) is 64.3 Å². The average Bonchev–Trinajstić information content (AvgIpc) is 2.45. The quantitative estimate of drug-likeness (QED) is 0.659. The van der Waals surface area contributed by atoms with Crippen LogP contribution in [0.25, 0.3) is 5.65 Å². The van der Waals surface area contributed by atoms with E-state index in [0.717, 1.165) is 0 Å². The molecule has 2 aromatic heterocycles. The Hall–Kier alpha value is -1.14. The number of aromatic nitrogens is 3. The van der Waals surface area contributed by atoms with Crippen LogP contribution in [-0.2, 0) is 9.05 Å². The fourth-order valence-corrected chi connectivity index (χ4v) is 1.82. The number of hydrogen-bond acceptors (Lipinski definition) is 4. The fourth-order valence-electron chi connectivity index (χ4n) is 0.974. The van der Waals surface area contributed by atoms with Crippen molar-refractivity contribution in [2.45, 2.75) is 5.03 Å². The highest BCUT2D eigenvalue weighted by Gasteiger charge is 2.16. The van der Waals surface area contributed by atoms with Gasteiger partial charge in [0, 0.05) is 16.9 Å². The van der Waals surface area contributed by atoms with Gasteiger partial charge in [-0.3, -0.25) is 0 Å². The third-order valence-corrected chi connectivity index (χ3v) is 2.75. The Morgan fingerprint density at radius 2 is 2.23 bits per heavy atom. The van der Waals surface area contributed by atoms with Gasteiger partial charge in [0.05, 0.1) is 6.20 Å². The zero-order valence-electron chi connectivity index (χ0n) is 6.25. The third-order valence-electron chi connectivity index (χ3n) is 1.50. The van der Waals surface area contributed by atoms with E-state index in [4.69, 9.17) is 10.7 Å². The molecule has 5 nitrogen and oxygen atoms in total. The first kappa shape index (κ1) is 8.46. The van der Waals surface area contributed by atoms with Crippen LogP contribution in [0.2, 0.25) is 0 Å². The average molecular weight is 218 g/mol. The third kappa shape index (κ3) is 1.38. The molecule has 0 N–H and O–H groups in total. The van der Waals surface area contributed by atoms with Crippen LogP contribution in [0.3, 0.4) is 0 Å². The van der Waals surface area contributed by atoms with Crippen molar-refractivity contribution in [3.63, 3.8) is 0 Å². The van der Waals surface area contributed by atoms with Gasteiger partial charge in [-0.1, -0.05) is 0 Å². The van der Waals surface area contributed by atoms with Gasteiger partial charge in [-0.2, -0.15) is 5.10 Å².